The summed E-state index contributed by atoms with van der Waals surface area (Å²) in [5.74, 6) is -0.334. The molecule has 0 aliphatic rings. The Hall–Kier alpha value is -3.22. The fourth-order valence-electron chi connectivity index (χ4n) is 2.27. The van der Waals surface area contributed by atoms with Crippen molar-refractivity contribution in [1.82, 2.24) is 0 Å². The zero-order chi connectivity index (χ0) is 20.2. The van der Waals surface area contributed by atoms with E-state index >= 15 is 0 Å². The van der Waals surface area contributed by atoms with Crippen molar-refractivity contribution in [1.29, 1.82) is 0 Å². The van der Waals surface area contributed by atoms with Gasteiger partial charge in [-0.3, -0.25) is 14.9 Å². The van der Waals surface area contributed by atoms with E-state index in [0.29, 0.717) is 16.9 Å². The van der Waals surface area contributed by atoms with Gasteiger partial charge in [0, 0.05) is 23.3 Å². The molecular formula is C20H21NO6. The average molecular weight is 371 g/mol. The number of esters is 1. The Morgan fingerprint density at radius 3 is 1.89 bits per heavy atom. The second kappa shape index (κ2) is 7.99. The van der Waals surface area contributed by atoms with Crippen molar-refractivity contribution < 1.29 is 24.0 Å². The highest BCUT2D eigenvalue weighted by atomic mass is 16.6. The summed E-state index contributed by atoms with van der Waals surface area (Å²) in [4.78, 5) is 34.7. The third kappa shape index (κ3) is 5.13. The van der Waals surface area contributed by atoms with E-state index in [4.69, 9.17) is 9.47 Å². The first-order valence-corrected chi connectivity index (χ1v) is 8.39. The normalized spacial score (nSPS) is 11.1. The number of hydrogen-bond acceptors (Lipinski definition) is 6. The number of nitro benzene ring substituents is 1. The van der Waals surface area contributed by atoms with Crippen molar-refractivity contribution in [2.75, 3.05) is 0 Å². The van der Waals surface area contributed by atoms with Crippen LogP contribution in [0.3, 0.4) is 0 Å². The van der Waals surface area contributed by atoms with E-state index in [9.17, 15) is 19.7 Å². The molecule has 0 aliphatic heterocycles. The van der Waals surface area contributed by atoms with Crippen LogP contribution in [0.4, 0.5) is 5.69 Å². The van der Waals surface area contributed by atoms with Crippen LogP contribution in [0, 0.1) is 10.1 Å². The first-order valence-electron chi connectivity index (χ1n) is 8.39. The van der Waals surface area contributed by atoms with Gasteiger partial charge in [0.15, 0.2) is 11.4 Å². The highest BCUT2D eigenvalue weighted by Crippen LogP contribution is 2.22. The highest BCUT2D eigenvalue weighted by Gasteiger charge is 2.32. The summed E-state index contributed by atoms with van der Waals surface area (Å²) < 4.78 is 10.9. The molecule has 2 aromatic carbocycles. The summed E-state index contributed by atoms with van der Waals surface area (Å²) in [6, 6.07) is 11.7. The van der Waals surface area contributed by atoms with Crippen LogP contribution in [0.2, 0.25) is 0 Å². The molecule has 0 bridgehead atoms. The van der Waals surface area contributed by atoms with Crippen molar-refractivity contribution in [3.63, 3.8) is 0 Å². The van der Waals surface area contributed by atoms with Gasteiger partial charge in [-0.25, -0.2) is 4.79 Å². The lowest BCUT2D eigenvalue weighted by Gasteiger charge is -2.25. The summed E-state index contributed by atoms with van der Waals surface area (Å²) >= 11 is 0. The van der Waals surface area contributed by atoms with E-state index in [1.807, 2.05) is 0 Å². The summed E-state index contributed by atoms with van der Waals surface area (Å²) in [6.07, 6.45) is -0.248. The minimum Gasteiger partial charge on any atom is -0.476 e. The predicted octanol–water partition coefficient (Wildman–Crippen LogP) is 3.93. The first-order chi connectivity index (χ1) is 12.6. The minimum atomic E-state index is -1.17. The van der Waals surface area contributed by atoms with E-state index in [-0.39, 0.29) is 17.6 Å². The Bertz CT molecular complexity index is 838. The summed E-state index contributed by atoms with van der Waals surface area (Å²) in [7, 11) is 0. The fraction of sp³-hybridized carbons (Fsp3) is 0.300. The number of carbonyl (C=O) groups is 2. The van der Waals surface area contributed by atoms with E-state index < -0.39 is 16.5 Å². The summed E-state index contributed by atoms with van der Waals surface area (Å²) in [5, 5.41) is 10.7. The van der Waals surface area contributed by atoms with Crippen molar-refractivity contribution >= 4 is 17.4 Å². The van der Waals surface area contributed by atoms with Gasteiger partial charge < -0.3 is 9.47 Å². The number of hydrogen-bond donors (Lipinski definition) is 0. The maximum atomic E-state index is 12.5. The molecule has 0 aromatic heterocycles. The van der Waals surface area contributed by atoms with E-state index in [1.54, 1.807) is 52.0 Å². The van der Waals surface area contributed by atoms with Crippen LogP contribution < -0.4 is 4.74 Å². The highest BCUT2D eigenvalue weighted by molar-refractivity contribution is 6.09. The molecule has 0 radical (unpaired) electrons. The second-order valence-electron chi connectivity index (χ2n) is 6.72. The molecule has 0 N–H and O–H groups in total. The van der Waals surface area contributed by atoms with Crippen LogP contribution in [-0.4, -0.2) is 28.4 Å². The quantitative estimate of drug-likeness (QED) is 0.317. The van der Waals surface area contributed by atoms with Gasteiger partial charge in [-0.1, -0.05) is 0 Å². The molecule has 142 valence electrons. The van der Waals surface area contributed by atoms with Crippen molar-refractivity contribution in [2.24, 2.45) is 0 Å². The molecule has 2 rings (SSSR count). The molecule has 0 unspecified atom stereocenters. The molecule has 0 saturated heterocycles. The lowest BCUT2D eigenvalue weighted by atomic mass is 10.0. The van der Waals surface area contributed by atoms with E-state index in [1.165, 1.54) is 24.3 Å². The monoisotopic (exact) mass is 371 g/mol. The number of nitrogens with zero attached hydrogens (tertiary/aromatic N) is 1. The van der Waals surface area contributed by atoms with Crippen LogP contribution in [0.5, 0.6) is 5.75 Å². The van der Waals surface area contributed by atoms with Crippen LogP contribution in [-0.2, 0) is 9.53 Å². The maximum Gasteiger partial charge on any atom is 0.350 e. The number of non-ortho nitro benzene ring substituents is 1. The Labute approximate surface area is 157 Å². The van der Waals surface area contributed by atoms with Crippen LogP contribution >= 0.6 is 0 Å². The van der Waals surface area contributed by atoms with Crippen molar-refractivity contribution in [2.45, 2.75) is 39.4 Å². The number of rotatable bonds is 7. The predicted molar refractivity (Wildman–Crippen MR) is 98.9 cm³/mol. The summed E-state index contributed by atoms with van der Waals surface area (Å²) in [6.45, 7) is 6.72. The first kappa shape index (κ1) is 20.1. The van der Waals surface area contributed by atoms with Gasteiger partial charge in [0.05, 0.1) is 11.0 Å². The summed E-state index contributed by atoms with van der Waals surface area (Å²) in [5.41, 5.74) is -0.506. The number of ketones is 1. The molecule has 0 saturated carbocycles. The number of ether oxygens (including phenoxy) is 2. The molecule has 0 spiro atoms. The van der Waals surface area contributed by atoms with Gasteiger partial charge in [-0.2, -0.15) is 0 Å². The van der Waals surface area contributed by atoms with E-state index in [2.05, 4.69) is 0 Å². The number of nitro groups is 1. The maximum absolute atomic E-state index is 12.5. The van der Waals surface area contributed by atoms with Crippen molar-refractivity contribution in [3.05, 3.63) is 69.8 Å². The molecule has 2 aromatic rings. The standard InChI is InChI=1S/C20H21NO6/c1-13(2)26-19(23)20(3,4)27-17-11-7-15(8-12-17)18(22)14-5-9-16(10-6-14)21(24)25/h5-13H,1-4H3. The third-order valence-electron chi connectivity index (χ3n) is 3.66. The molecule has 0 aliphatic carbocycles. The van der Waals surface area contributed by atoms with Crippen molar-refractivity contribution in [3.8, 4) is 5.75 Å². The van der Waals surface area contributed by atoms with Crippen LogP contribution in [0.15, 0.2) is 48.5 Å². The Balaban J connectivity index is 2.11. The van der Waals surface area contributed by atoms with E-state index in [0.717, 1.165) is 0 Å². The largest absolute Gasteiger partial charge is 0.476 e. The molecule has 0 atom stereocenters. The zero-order valence-electron chi connectivity index (χ0n) is 15.6. The Morgan fingerprint density at radius 2 is 1.44 bits per heavy atom. The lowest BCUT2D eigenvalue weighted by molar-refractivity contribution is -0.384. The SMILES string of the molecule is CC(C)OC(=O)C(C)(C)Oc1ccc(C(=O)c2ccc([N+](=O)[O-])cc2)cc1. The van der Waals surface area contributed by atoms with Crippen LogP contribution in [0.25, 0.3) is 0 Å². The smallest absolute Gasteiger partial charge is 0.350 e. The molecule has 0 heterocycles. The molecule has 0 fully saturated rings. The van der Waals surface area contributed by atoms with Gasteiger partial charge >= 0.3 is 5.97 Å². The Kier molecular flexibility index (Phi) is 5.95. The van der Waals surface area contributed by atoms with Gasteiger partial charge in [-0.05, 0) is 64.1 Å². The number of benzene rings is 2. The topological polar surface area (TPSA) is 95.7 Å². The second-order valence-corrected chi connectivity index (χ2v) is 6.72. The van der Waals surface area contributed by atoms with Gasteiger partial charge in [-0.15, -0.1) is 0 Å². The minimum absolute atomic E-state index is 0.0780. The molecule has 0 amide bonds. The molecule has 7 nitrogen and oxygen atoms in total. The van der Waals surface area contributed by atoms with Gasteiger partial charge in [0.1, 0.15) is 5.75 Å². The van der Waals surface area contributed by atoms with Crippen LogP contribution in [0.1, 0.15) is 43.6 Å². The molecular weight excluding hydrogens is 350 g/mol. The number of carbonyl (C=O) groups excluding carboxylic acids is 2. The average Bonchev–Trinajstić information content (AvgIpc) is 2.61. The third-order valence-corrected chi connectivity index (χ3v) is 3.66. The Morgan fingerprint density at radius 1 is 0.963 bits per heavy atom. The van der Waals surface area contributed by atoms with Gasteiger partial charge in [0.2, 0.25) is 0 Å². The molecule has 27 heavy (non-hydrogen) atoms. The van der Waals surface area contributed by atoms with Gasteiger partial charge in [0.25, 0.3) is 5.69 Å². The zero-order valence-corrected chi connectivity index (χ0v) is 15.6. The lowest BCUT2D eigenvalue weighted by Crippen LogP contribution is -2.40. The fourth-order valence-corrected chi connectivity index (χ4v) is 2.27. The molecule has 7 heteroatoms.